The number of nitrogens with zero attached hydrogens (tertiary/aromatic N) is 2. The number of rotatable bonds is 7. The molecule has 144 valence electrons. The molecule has 5 nitrogen and oxygen atoms in total. The van der Waals surface area contributed by atoms with Crippen molar-refractivity contribution in [2.24, 2.45) is 0 Å². The average Bonchev–Trinajstić information content (AvgIpc) is 2.73. The van der Waals surface area contributed by atoms with Crippen LogP contribution in [0, 0.1) is 0 Å². The van der Waals surface area contributed by atoms with E-state index in [-0.39, 0.29) is 5.91 Å². The lowest BCUT2D eigenvalue weighted by molar-refractivity contribution is 0.0695. The van der Waals surface area contributed by atoms with Crippen molar-refractivity contribution in [3.63, 3.8) is 0 Å². The number of pyridine rings is 1. The van der Waals surface area contributed by atoms with Crippen LogP contribution in [0.15, 0.2) is 42.7 Å². The second-order valence-electron chi connectivity index (χ2n) is 6.95. The number of amides is 1. The van der Waals surface area contributed by atoms with Crippen molar-refractivity contribution in [3.05, 3.63) is 53.9 Å². The van der Waals surface area contributed by atoms with E-state index in [0.717, 1.165) is 18.4 Å². The first-order valence-corrected chi connectivity index (χ1v) is 9.74. The van der Waals surface area contributed by atoms with Crippen LogP contribution in [0.1, 0.15) is 54.9 Å². The quantitative estimate of drug-likeness (QED) is 0.724. The van der Waals surface area contributed by atoms with Gasteiger partial charge in [0, 0.05) is 36.6 Å². The minimum atomic E-state index is 0.0432. The van der Waals surface area contributed by atoms with E-state index >= 15 is 0 Å². The van der Waals surface area contributed by atoms with Crippen molar-refractivity contribution in [2.75, 3.05) is 13.7 Å². The third-order valence-electron chi connectivity index (χ3n) is 5.05. The van der Waals surface area contributed by atoms with E-state index in [0.29, 0.717) is 36.3 Å². The van der Waals surface area contributed by atoms with Crippen LogP contribution in [0.25, 0.3) is 0 Å². The second-order valence-corrected chi connectivity index (χ2v) is 6.95. The number of hydrogen-bond acceptors (Lipinski definition) is 4. The van der Waals surface area contributed by atoms with Crippen LogP contribution >= 0.6 is 0 Å². The Morgan fingerprint density at radius 3 is 2.67 bits per heavy atom. The number of benzene rings is 1. The van der Waals surface area contributed by atoms with E-state index in [1.165, 1.54) is 19.3 Å². The number of carbonyl (C=O) groups excluding carboxylic acids is 1. The molecule has 1 fully saturated rings. The van der Waals surface area contributed by atoms with Gasteiger partial charge in [0.25, 0.3) is 5.91 Å². The summed E-state index contributed by atoms with van der Waals surface area (Å²) in [6, 6.07) is 9.62. The molecule has 0 N–H and O–H groups in total. The summed E-state index contributed by atoms with van der Waals surface area (Å²) in [6.07, 6.45) is 9.37. The summed E-state index contributed by atoms with van der Waals surface area (Å²) in [5.41, 5.74) is 1.62. The van der Waals surface area contributed by atoms with Crippen LogP contribution < -0.4 is 9.47 Å². The Hall–Kier alpha value is -2.56. The SMILES string of the molecule is CCOc1cc(C(=O)N(C)C2CCCCC2)ccc1OCc1cccnc1. The van der Waals surface area contributed by atoms with E-state index in [1.807, 2.05) is 43.1 Å². The molecule has 1 heterocycles. The zero-order valence-corrected chi connectivity index (χ0v) is 16.2. The Bertz CT molecular complexity index is 742. The molecular weight excluding hydrogens is 340 g/mol. The number of ether oxygens (including phenoxy) is 2. The first-order valence-electron chi connectivity index (χ1n) is 9.74. The topological polar surface area (TPSA) is 51.7 Å². The molecule has 1 aromatic heterocycles. The van der Waals surface area contributed by atoms with Gasteiger partial charge in [-0.2, -0.15) is 0 Å². The summed E-state index contributed by atoms with van der Waals surface area (Å²) in [5.74, 6) is 1.28. The first-order chi connectivity index (χ1) is 13.2. The fourth-order valence-corrected chi connectivity index (χ4v) is 3.51. The largest absolute Gasteiger partial charge is 0.490 e. The van der Waals surface area contributed by atoms with Gasteiger partial charge >= 0.3 is 0 Å². The van der Waals surface area contributed by atoms with Crippen molar-refractivity contribution >= 4 is 5.91 Å². The number of carbonyl (C=O) groups is 1. The molecule has 1 saturated carbocycles. The monoisotopic (exact) mass is 368 g/mol. The smallest absolute Gasteiger partial charge is 0.253 e. The Kier molecular flexibility index (Phi) is 6.69. The second kappa shape index (κ2) is 9.40. The van der Waals surface area contributed by atoms with Gasteiger partial charge in [-0.1, -0.05) is 25.3 Å². The Labute approximate surface area is 161 Å². The molecule has 0 radical (unpaired) electrons. The fraction of sp³-hybridized carbons (Fsp3) is 0.455. The molecule has 1 aliphatic rings. The van der Waals surface area contributed by atoms with Gasteiger partial charge in [0.15, 0.2) is 11.5 Å². The lowest BCUT2D eigenvalue weighted by Gasteiger charge is -2.31. The predicted molar refractivity (Wildman–Crippen MR) is 105 cm³/mol. The molecule has 0 bridgehead atoms. The molecule has 0 aliphatic heterocycles. The highest BCUT2D eigenvalue weighted by Gasteiger charge is 2.23. The fourth-order valence-electron chi connectivity index (χ4n) is 3.51. The van der Waals surface area contributed by atoms with Gasteiger partial charge in [-0.25, -0.2) is 0 Å². The zero-order chi connectivity index (χ0) is 19.1. The third-order valence-corrected chi connectivity index (χ3v) is 5.05. The summed E-state index contributed by atoms with van der Waals surface area (Å²) in [5, 5.41) is 0. The molecule has 0 saturated heterocycles. The summed E-state index contributed by atoms with van der Waals surface area (Å²) in [6.45, 7) is 2.84. The van der Waals surface area contributed by atoms with E-state index in [1.54, 1.807) is 18.5 Å². The van der Waals surface area contributed by atoms with Crippen LogP contribution in [0.2, 0.25) is 0 Å². The highest BCUT2D eigenvalue weighted by molar-refractivity contribution is 5.95. The molecule has 3 rings (SSSR count). The van der Waals surface area contributed by atoms with E-state index in [9.17, 15) is 4.79 Å². The van der Waals surface area contributed by atoms with Crippen LogP contribution in [0.3, 0.4) is 0 Å². The van der Waals surface area contributed by atoms with Crippen molar-refractivity contribution in [3.8, 4) is 11.5 Å². The third kappa shape index (κ3) is 5.00. The van der Waals surface area contributed by atoms with Gasteiger partial charge in [0.2, 0.25) is 0 Å². The van der Waals surface area contributed by atoms with E-state index in [4.69, 9.17) is 9.47 Å². The van der Waals surface area contributed by atoms with Crippen LogP contribution in [-0.2, 0) is 6.61 Å². The molecule has 0 atom stereocenters. The molecule has 1 aliphatic carbocycles. The average molecular weight is 368 g/mol. The Balaban J connectivity index is 1.72. The maximum atomic E-state index is 12.9. The molecular formula is C22H28N2O3. The maximum absolute atomic E-state index is 12.9. The van der Waals surface area contributed by atoms with Gasteiger partial charge in [-0.3, -0.25) is 9.78 Å². The summed E-state index contributed by atoms with van der Waals surface area (Å²) < 4.78 is 11.6. The lowest BCUT2D eigenvalue weighted by atomic mass is 9.94. The van der Waals surface area contributed by atoms with Gasteiger partial charge in [-0.05, 0) is 44.0 Å². The van der Waals surface area contributed by atoms with Crippen molar-refractivity contribution in [1.29, 1.82) is 0 Å². The predicted octanol–water partition coefficient (Wildman–Crippen LogP) is 4.46. The number of hydrogen-bond donors (Lipinski definition) is 0. The first kappa shape index (κ1) is 19.2. The highest BCUT2D eigenvalue weighted by Crippen LogP contribution is 2.30. The summed E-state index contributed by atoms with van der Waals surface area (Å²) >= 11 is 0. The molecule has 2 aromatic rings. The van der Waals surface area contributed by atoms with Crippen molar-refractivity contribution in [2.45, 2.75) is 51.7 Å². The van der Waals surface area contributed by atoms with Crippen LogP contribution in [-0.4, -0.2) is 35.5 Å². The Morgan fingerprint density at radius 2 is 1.96 bits per heavy atom. The lowest BCUT2D eigenvalue weighted by Crippen LogP contribution is -2.38. The van der Waals surface area contributed by atoms with Gasteiger partial charge in [0.1, 0.15) is 6.61 Å². The molecule has 1 aromatic carbocycles. The molecule has 0 spiro atoms. The standard InChI is InChI=1S/C22H28N2O3/c1-3-26-21-14-18(22(25)24(2)19-9-5-4-6-10-19)11-12-20(21)27-16-17-8-7-13-23-15-17/h7-8,11-15,19H,3-6,9-10,16H2,1-2H3. The van der Waals surface area contributed by atoms with E-state index in [2.05, 4.69) is 4.98 Å². The van der Waals surface area contributed by atoms with Gasteiger partial charge in [0.05, 0.1) is 6.61 Å². The van der Waals surface area contributed by atoms with Gasteiger partial charge < -0.3 is 14.4 Å². The van der Waals surface area contributed by atoms with E-state index < -0.39 is 0 Å². The maximum Gasteiger partial charge on any atom is 0.253 e. The summed E-state index contributed by atoms with van der Waals surface area (Å²) in [4.78, 5) is 18.9. The molecule has 5 heteroatoms. The Morgan fingerprint density at radius 1 is 1.15 bits per heavy atom. The van der Waals surface area contributed by atoms with Crippen molar-refractivity contribution < 1.29 is 14.3 Å². The highest BCUT2D eigenvalue weighted by atomic mass is 16.5. The zero-order valence-electron chi connectivity index (χ0n) is 16.2. The van der Waals surface area contributed by atoms with Crippen molar-refractivity contribution in [1.82, 2.24) is 9.88 Å². The normalized spacial score (nSPS) is 14.6. The molecule has 1 amide bonds. The van der Waals surface area contributed by atoms with Crippen LogP contribution in [0.4, 0.5) is 0 Å². The minimum absolute atomic E-state index is 0.0432. The molecule has 27 heavy (non-hydrogen) atoms. The van der Waals surface area contributed by atoms with Gasteiger partial charge in [-0.15, -0.1) is 0 Å². The summed E-state index contributed by atoms with van der Waals surface area (Å²) in [7, 11) is 1.91. The molecule has 0 unspecified atom stereocenters. The minimum Gasteiger partial charge on any atom is -0.490 e. The number of aromatic nitrogens is 1. The van der Waals surface area contributed by atoms with Crippen LogP contribution in [0.5, 0.6) is 11.5 Å².